The molecule has 3 nitrogen and oxygen atoms in total. The highest BCUT2D eigenvalue weighted by atomic mass is 16.6. The summed E-state index contributed by atoms with van der Waals surface area (Å²) in [6.07, 6.45) is 2.80. The number of carbonyl (C=O) groups excluding carboxylic acids is 1. The van der Waals surface area contributed by atoms with E-state index < -0.39 is 11.7 Å². The van der Waals surface area contributed by atoms with Crippen molar-refractivity contribution in [1.29, 1.82) is 0 Å². The maximum absolute atomic E-state index is 12.0. The molecule has 1 saturated carbocycles. The zero-order valence-electron chi connectivity index (χ0n) is 11.8. The molecule has 1 heterocycles. The first-order chi connectivity index (χ1) is 8.19. The lowest BCUT2D eigenvalue weighted by molar-refractivity contribution is -0.162. The van der Waals surface area contributed by atoms with Crippen LogP contribution in [-0.4, -0.2) is 22.8 Å². The molecule has 1 unspecified atom stereocenters. The maximum Gasteiger partial charge on any atom is 0.309 e. The van der Waals surface area contributed by atoms with Gasteiger partial charge in [0.1, 0.15) is 11.7 Å². The number of hydrogen-bond donors (Lipinski definition) is 1. The lowest BCUT2D eigenvalue weighted by Gasteiger charge is -2.53. The molecule has 1 saturated heterocycles. The van der Waals surface area contributed by atoms with E-state index in [9.17, 15) is 9.90 Å². The van der Waals surface area contributed by atoms with E-state index in [1.807, 2.05) is 6.92 Å². The van der Waals surface area contributed by atoms with Crippen LogP contribution < -0.4 is 0 Å². The molecule has 2 fully saturated rings. The Bertz CT molecular complexity index is 370. The van der Waals surface area contributed by atoms with Crippen LogP contribution in [0.15, 0.2) is 12.7 Å². The lowest BCUT2D eigenvalue weighted by atomic mass is 9.51. The predicted octanol–water partition coefficient (Wildman–Crippen LogP) is 2.54. The molecule has 0 bridgehead atoms. The molecule has 3 heteroatoms. The highest BCUT2D eigenvalue weighted by Crippen LogP contribution is 2.57. The minimum Gasteiger partial charge on any atom is -0.459 e. The average Bonchev–Trinajstić information content (AvgIpc) is 2.39. The summed E-state index contributed by atoms with van der Waals surface area (Å²) in [4.78, 5) is 12.0. The van der Waals surface area contributed by atoms with Crippen molar-refractivity contribution in [3.05, 3.63) is 12.7 Å². The summed E-state index contributed by atoms with van der Waals surface area (Å²) < 4.78 is 5.49. The summed E-state index contributed by atoms with van der Waals surface area (Å²) in [7, 11) is 0. The molecule has 0 amide bonds. The SMILES string of the molecule is C=CC(C)(O)[C@@H]1C[C@H]2[C@H](CC2(C)C)[C@@H](C)C(=O)O1. The van der Waals surface area contributed by atoms with Gasteiger partial charge < -0.3 is 9.84 Å². The van der Waals surface area contributed by atoms with Gasteiger partial charge in [0, 0.05) is 0 Å². The summed E-state index contributed by atoms with van der Waals surface area (Å²) >= 11 is 0. The van der Waals surface area contributed by atoms with Gasteiger partial charge in [-0.15, -0.1) is 6.58 Å². The van der Waals surface area contributed by atoms with Gasteiger partial charge in [0.05, 0.1) is 5.92 Å². The first-order valence-electron chi connectivity index (χ1n) is 6.75. The van der Waals surface area contributed by atoms with E-state index >= 15 is 0 Å². The first kappa shape index (κ1) is 13.6. The maximum atomic E-state index is 12.0. The van der Waals surface area contributed by atoms with Crippen LogP contribution in [0.3, 0.4) is 0 Å². The second-order valence-electron chi connectivity index (χ2n) is 6.84. The largest absolute Gasteiger partial charge is 0.459 e. The number of carbonyl (C=O) groups is 1. The second-order valence-corrected chi connectivity index (χ2v) is 6.84. The molecule has 0 aromatic carbocycles. The van der Waals surface area contributed by atoms with Crippen molar-refractivity contribution >= 4 is 5.97 Å². The van der Waals surface area contributed by atoms with E-state index in [0.29, 0.717) is 11.8 Å². The van der Waals surface area contributed by atoms with Crippen LogP contribution in [0.4, 0.5) is 0 Å². The Morgan fingerprint density at radius 2 is 2.17 bits per heavy atom. The molecule has 0 radical (unpaired) electrons. The number of hydrogen-bond acceptors (Lipinski definition) is 3. The van der Waals surface area contributed by atoms with Crippen LogP contribution in [-0.2, 0) is 9.53 Å². The van der Waals surface area contributed by atoms with Gasteiger partial charge in [0.15, 0.2) is 0 Å². The molecule has 1 aliphatic carbocycles. The Morgan fingerprint density at radius 3 is 2.67 bits per heavy atom. The van der Waals surface area contributed by atoms with E-state index in [2.05, 4.69) is 20.4 Å². The highest BCUT2D eigenvalue weighted by Gasteiger charge is 2.55. The van der Waals surface area contributed by atoms with E-state index in [0.717, 1.165) is 12.8 Å². The van der Waals surface area contributed by atoms with Crippen molar-refractivity contribution in [2.45, 2.75) is 52.2 Å². The molecule has 18 heavy (non-hydrogen) atoms. The van der Waals surface area contributed by atoms with Crippen LogP contribution in [0.5, 0.6) is 0 Å². The van der Waals surface area contributed by atoms with Crippen molar-refractivity contribution in [1.82, 2.24) is 0 Å². The van der Waals surface area contributed by atoms with Crippen LogP contribution in [0.25, 0.3) is 0 Å². The number of rotatable bonds is 2. The molecule has 0 aromatic heterocycles. The van der Waals surface area contributed by atoms with Crippen molar-refractivity contribution < 1.29 is 14.6 Å². The Balaban J connectivity index is 2.26. The number of ether oxygens (including phenoxy) is 1. The molecule has 2 aliphatic rings. The third kappa shape index (κ3) is 1.99. The topological polar surface area (TPSA) is 46.5 Å². The Labute approximate surface area is 109 Å². The smallest absolute Gasteiger partial charge is 0.309 e. The van der Waals surface area contributed by atoms with Gasteiger partial charge in [0.2, 0.25) is 0 Å². The van der Waals surface area contributed by atoms with E-state index in [-0.39, 0.29) is 17.3 Å². The summed E-state index contributed by atoms with van der Waals surface area (Å²) in [5, 5.41) is 10.3. The molecular weight excluding hydrogens is 228 g/mol. The van der Waals surface area contributed by atoms with Gasteiger partial charge >= 0.3 is 5.97 Å². The fourth-order valence-corrected chi connectivity index (χ4v) is 3.53. The zero-order chi connectivity index (χ0) is 13.7. The molecule has 1 aliphatic heterocycles. The summed E-state index contributed by atoms with van der Waals surface area (Å²) in [6, 6.07) is 0. The molecule has 2 rings (SSSR count). The van der Waals surface area contributed by atoms with Gasteiger partial charge in [-0.3, -0.25) is 4.79 Å². The molecule has 5 atom stereocenters. The minimum absolute atomic E-state index is 0.0614. The van der Waals surface area contributed by atoms with E-state index in [1.165, 1.54) is 6.08 Å². The van der Waals surface area contributed by atoms with Gasteiger partial charge in [-0.2, -0.15) is 0 Å². The Morgan fingerprint density at radius 1 is 1.56 bits per heavy atom. The number of fused-ring (bicyclic) bond motifs is 1. The highest BCUT2D eigenvalue weighted by molar-refractivity contribution is 5.73. The normalized spacial score (nSPS) is 41.7. The summed E-state index contributed by atoms with van der Waals surface area (Å²) in [5.74, 6) is 0.604. The fraction of sp³-hybridized carbons (Fsp3) is 0.800. The number of cyclic esters (lactones) is 1. The average molecular weight is 252 g/mol. The van der Waals surface area contributed by atoms with Crippen molar-refractivity contribution in [2.24, 2.45) is 23.2 Å². The molecular formula is C15H24O3. The van der Waals surface area contributed by atoms with Crippen molar-refractivity contribution in [3.63, 3.8) is 0 Å². The lowest BCUT2D eigenvalue weighted by Crippen LogP contribution is -2.49. The Kier molecular flexibility index (Phi) is 3.09. The van der Waals surface area contributed by atoms with Crippen molar-refractivity contribution in [3.8, 4) is 0 Å². The minimum atomic E-state index is -1.14. The predicted molar refractivity (Wildman–Crippen MR) is 69.9 cm³/mol. The quantitative estimate of drug-likeness (QED) is 0.607. The Hall–Kier alpha value is -0.830. The summed E-state index contributed by atoms with van der Waals surface area (Å²) in [6.45, 7) is 11.7. The molecule has 102 valence electrons. The second kappa shape index (κ2) is 4.09. The third-order valence-electron chi connectivity index (χ3n) is 5.09. The molecule has 0 spiro atoms. The first-order valence-corrected chi connectivity index (χ1v) is 6.75. The van der Waals surface area contributed by atoms with E-state index in [4.69, 9.17) is 4.74 Å². The number of aliphatic hydroxyl groups is 1. The monoisotopic (exact) mass is 252 g/mol. The third-order valence-corrected chi connectivity index (χ3v) is 5.09. The van der Waals surface area contributed by atoms with Gasteiger partial charge in [-0.05, 0) is 37.0 Å². The van der Waals surface area contributed by atoms with Crippen LogP contribution in [0.1, 0.15) is 40.5 Å². The zero-order valence-corrected chi connectivity index (χ0v) is 11.8. The van der Waals surface area contributed by atoms with Crippen molar-refractivity contribution in [2.75, 3.05) is 0 Å². The number of esters is 1. The molecule has 0 aromatic rings. The van der Waals surface area contributed by atoms with E-state index in [1.54, 1.807) is 6.92 Å². The van der Waals surface area contributed by atoms with Gasteiger partial charge in [0.25, 0.3) is 0 Å². The van der Waals surface area contributed by atoms with Gasteiger partial charge in [-0.1, -0.05) is 26.8 Å². The molecule has 1 N–H and O–H groups in total. The summed E-state index contributed by atoms with van der Waals surface area (Å²) in [5.41, 5.74) is -0.904. The van der Waals surface area contributed by atoms with Crippen LogP contribution in [0.2, 0.25) is 0 Å². The standard InChI is InChI=1S/C15H24O3/c1-6-15(5,17)12-7-11-10(8-14(11,3)4)9(2)13(16)18-12/h6,9-12,17H,1,7-8H2,2-5H3/t9-,10-,11+,12+,15?/m1/s1. The van der Waals surface area contributed by atoms with Crippen LogP contribution >= 0.6 is 0 Å². The van der Waals surface area contributed by atoms with Crippen LogP contribution in [0, 0.1) is 23.2 Å². The fourth-order valence-electron chi connectivity index (χ4n) is 3.53. The van der Waals surface area contributed by atoms with Gasteiger partial charge in [-0.25, -0.2) is 0 Å².